The molecule has 0 aliphatic rings. The van der Waals surface area contributed by atoms with Crippen LogP contribution in [0.15, 0.2) is 33.5 Å². The monoisotopic (exact) mass is 446 g/mol. The summed E-state index contributed by atoms with van der Waals surface area (Å²) in [4.78, 5) is 24.7. The molecule has 2 aromatic rings. The Morgan fingerprint density at radius 3 is 1.97 bits per heavy atom. The lowest BCUT2D eigenvalue weighted by molar-refractivity contribution is -0.136. The Kier molecular flexibility index (Phi) is 12.1. The molecule has 1 aromatic heterocycles. The summed E-state index contributed by atoms with van der Waals surface area (Å²) in [6.07, 6.45) is 13.9. The molecule has 0 atom stereocenters. The summed E-state index contributed by atoms with van der Waals surface area (Å²) in [5.41, 5.74) is -0.848. The molecule has 6 nitrogen and oxygen atoms in total. The summed E-state index contributed by atoms with van der Waals surface area (Å²) < 4.78 is 10.6. The van der Waals surface area contributed by atoms with Crippen LogP contribution in [-0.4, -0.2) is 16.2 Å². The molecule has 6 heteroatoms. The Balaban J connectivity index is 1.65. The van der Waals surface area contributed by atoms with Crippen molar-refractivity contribution in [2.24, 2.45) is 0 Å². The van der Waals surface area contributed by atoms with E-state index in [9.17, 15) is 19.8 Å². The van der Waals surface area contributed by atoms with Gasteiger partial charge in [-0.15, -0.1) is 0 Å². The molecule has 0 saturated heterocycles. The van der Waals surface area contributed by atoms with Gasteiger partial charge in [0.05, 0.1) is 5.39 Å². The SMILES string of the molecule is CCCCCCCCCCCCCCCC(=O)Oc1oc2ccccc2c(=O)c1C(O)O. The summed E-state index contributed by atoms with van der Waals surface area (Å²) in [7, 11) is 0. The Labute approximate surface area is 190 Å². The Morgan fingerprint density at radius 2 is 1.41 bits per heavy atom. The average molecular weight is 447 g/mol. The number of hydrogen-bond acceptors (Lipinski definition) is 6. The third-order valence-electron chi connectivity index (χ3n) is 5.75. The molecule has 0 unspecified atom stereocenters. The molecule has 1 aromatic carbocycles. The van der Waals surface area contributed by atoms with Crippen LogP contribution in [0.2, 0.25) is 0 Å². The van der Waals surface area contributed by atoms with E-state index >= 15 is 0 Å². The number of aliphatic hydroxyl groups is 2. The predicted octanol–water partition coefficient (Wildman–Crippen LogP) is 6.16. The van der Waals surface area contributed by atoms with E-state index in [2.05, 4.69) is 6.92 Å². The molecule has 0 spiro atoms. The molecule has 0 saturated carbocycles. The van der Waals surface area contributed by atoms with Crippen molar-refractivity contribution in [3.05, 3.63) is 40.1 Å². The first-order valence-electron chi connectivity index (χ1n) is 12.2. The third-order valence-corrected chi connectivity index (χ3v) is 5.75. The maximum absolute atomic E-state index is 12.5. The summed E-state index contributed by atoms with van der Waals surface area (Å²) in [5.74, 6) is -0.989. The van der Waals surface area contributed by atoms with Crippen molar-refractivity contribution in [1.29, 1.82) is 0 Å². The first-order chi connectivity index (χ1) is 15.5. The maximum atomic E-state index is 12.5. The van der Waals surface area contributed by atoms with Gasteiger partial charge in [-0.1, -0.05) is 96.1 Å². The van der Waals surface area contributed by atoms with Gasteiger partial charge in [0.25, 0.3) is 0 Å². The van der Waals surface area contributed by atoms with E-state index in [0.29, 0.717) is 6.42 Å². The second-order valence-electron chi connectivity index (χ2n) is 8.47. The molecule has 0 bridgehead atoms. The summed E-state index contributed by atoms with van der Waals surface area (Å²) in [5, 5.41) is 19.3. The number of unbranched alkanes of at least 4 members (excludes halogenated alkanes) is 12. The molecule has 2 N–H and O–H groups in total. The molecule has 0 aliphatic carbocycles. The fraction of sp³-hybridized carbons (Fsp3) is 0.615. The number of carbonyl (C=O) groups is 1. The van der Waals surface area contributed by atoms with Gasteiger partial charge in [-0.2, -0.15) is 0 Å². The summed E-state index contributed by atoms with van der Waals surface area (Å²) >= 11 is 0. The second-order valence-corrected chi connectivity index (χ2v) is 8.47. The van der Waals surface area contributed by atoms with Gasteiger partial charge in [0.15, 0.2) is 6.29 Å². The van der Waals surface area contributed by atoms with Crippen molar-refractivity contribution in [3.8, 4) is 5.95 Å². The van der Waals surface area contributed by atoms with E-state index in [1.54, 1.807) is 18.2 Å². The highest BCUT2D eigenvalue weighted by Gasteiger charge is 2.23. The Morgan fingerprint density at radius 1 is 0.875 bits per heavy atom. The van der Waals surface area contributed by atoms with Gasteiger partial charge in [-0.3, -0.25) is 9.59 Å². The minimum Gasteiger partial charge on any atom is -0.425 e. The van der Waals surface area contributed by atoms with Crippen LogP contribution in [0.25, 0.3) is 11.0 Å². The van der Waals surface area contributed by atoms with Crippen molar-refractivity contribution >= 4 is 16.9 Å². The van der Waals surface area contributed by atoms with Crippen molar-refractivity contribution in [3.63, 3.8) is 0 Å². The molecular formula is C26H38O6. The van der Waals surface area contributed by atoms with E-state index in [-0.39, 0.29) is 17.4 Å². The zero-order valence-electron chi connectivity index (χ0n) is 19.3. The smallest absolute Gasteiger partial charge is 0.313 e. The lowest BCUT2D eigenvalue weighted by atomic mass is 10.0. The molecule has 2 rings (SSSR count). The number of hydrogen-bond donors (Lipinski definition) is 2. The molecule has 0 fully saturated rings. The first kappa shape index (κ1) is 26.1. The summed E-state index contributed by atoms with van der Waals surface area (Å²) in [6.45, 7) is 2.24. The standard InChI is InChI=1S/C26H38O6/c1-2-3-4-5-6-7-8-9-10-11-12-13-14-19-22(27)32-26-23(25(29)30)24(28)20-17-15-16-18-21(20)31-26/h15-18,25,29-30H,2-14,19H2,1H3. The molecule has 1 heterocycles. The van der Waals surface area contributed by atoms with Crippen LogP contribution in [0.5, 0.6) is 5.95 Å². The van der Waals surface area contributed by atoms with Crippen LogP contribution in [0.4, 0.5) is 0 Å². The fourth-order valence-electron chi connectivity index (χ4n) is 3.88. The van der Waals surface area contributed by atoms with Crippen LogP contribution in [-0.2, 0) is 4.79 Å². The number of ether oxygens (including phenoxy) is 1. The zero-order chi connectivity index (χ0) is 23.2. The minimum atomic E-state index is -2.09. The van der Waals surface area contributed by atoms with Crippen molar-refractivity contribution in [1.82, 2.24) is 0 Å². The van der Waals surface area contributed by atoms with Gasteiger partial charge in [0.1, 0.15) is 11.1 Å². The highest BCUT2D eigenvalue weighted by molar-refractivity contribution is 5.79. The quantitative estimate of drug-likeness (QED) is 0.182. The average Bonchev–Trinajstić information content (AvgIpc) is 2.77. The van der Waals surface area contributed by atoms with Crippen LogP contribution in [0.1, 0.15) is 109 Å². The molecular weight excluding hydrogens is 408 g/mol. The van der Waals surface area contributed by atoms with Gasteiger partial charge in [-0.05, 0) is 18.6 Å². The van der Waals surface area contributed by atoms with Crippen molar-refractivity contribution in [2.45, 2.75) is 103 Å². The lowest BCUT2D eigenvalue weighted by Crippen LogP contribution is -2.18. The van der Waals surface area contributed by atoms with Crippen LogP contribution in [0.3, 0.4) is 0 Å². The van der Waals surface area contributed by atoms with E-state index in [0.717, 1.165) is 12.8 Å². The fourth-order valence-corrected chi connectivity index (χ4v) is 3.88. The number of fused-ring (bicyclic) bond motifs is 1. The normalized spacial score (nSPS) is 11.4. The first-order valence-corrected chi connectivity index (χ1v) is 12.2. The number of benzene rings is 1. The number of aliphatic hydroxyl groups excluding tert-OH is 1. The molecule has 0 radical (unpaired) electrons. The third kappa shape index (κ3) is 8.75. The molecule has 0 amide bonds. The van der Waals surface area contributed by atoms with Gasteiger partial charge >= 0.3 is 11.9 Å². The number of esters is 1. The maximum Gasteiger partial charge on any atom is 0.313 e. The van der Waals surface area contributed by atoms with Crippen LogP contribution < -0.4 is 10.2 Å². The Hall–Kier alpha value is -2.18. The molecule has 178 valence electrons. The minimum absolute atomic E-state index is 0.190. The molecule has 0 aliphatic heterocycles. The zero-order valence-corrected chi connectivity index (χ0v) is 19.3. The van der Waals surface area contributed by atoms with E-state index < -0.39 is 29.2 Å². The predicted molar refractivity (Wildman–Crippen MR) is 126 cm³/mol. The largest absolute Gasteiger partial charge is 0.425 e. The topological polar surface area (TPSA) is 97.0 Å². The number of carbonyl (C=O) groups excluding carboxylic acids is 1. The number of para-hydroxylation sites is 1. The van der Waals surface area contributed by atoms with Crippen molar-refractivity contribution < 1.29 is 24.2 Å². The number of rotatable bonds is 16. The Bertz CT molecular complexity index is 870. The van der Waals surface area contributed by atoms with Gasteiger partial charge < -0.3 is 19.4 Å². The van der Waals surface area contributed by atoms with E-state index in [1.165, 1.54) is 70.3 Å². The van der Waals surface area contributed by atoms with Crippen molar-refractivity contribution in [2.75, 3.05) is 0 Å². The van der Waals surface area contributed by atoms with Crippen LogP contribution >= 0.6 is 0 Å². The van der Waals surface area contributed by atoms with Gasteiger partial charge in [0, 0.05) is 6.42 Å². The van der Waals surface area contributed by atoms with E-state index in [4.69, 9.17) is 9.15 Å². The van der Waals surface area contributed by atoms with Crippen LogP contribution in [0, 0.1) is 0 Å². The van der Waals surface area contributed by atoms with Gasteiger partial charge in [-0.25, -0.2) is 0 Å². The molecule has 32 heavy (non-hydrogen) atoms. The van der Waals surface area contributed by atoms with Gasteiger partial charge in [0.2, 0.25) is 5.43 Å². The highest BCUT2D eigenvalue weighted by Crippen LogP contribution is 2.26. The summed E-state index contributed by atoms with van der Waals surface area (Å²) in [6, 6.07) is 6.41. The highest BCUT2D eigenvalue weighted by atomic mass is 16.6. The second kappa shape index (κ2) is 14.8. The lowest BCUT2D eigenvalue weighted by Gasteiger charge is -2.11. The van der Waals surface area contributed by atoms with E-state index in [1.807, 2.05) is 0 Å².